The first kappa shape index (κ1) is 20.1. The zero-order chi connectivity index (χ0) is 21.3. The molecular weight excluding hydrogens is 443 g/mol. The summed E-state index contributed by atoms with van der Waals surface area (Å²) in [5.41, 5.74) is 0.174. The van der Waals surface area contributed by atoms with E-state index in [-0.39, 0.29) is 34.8 Å². The third kappa shape index (κ3) is 4.07. The number of ether oxygens (including phenoxy) is 6. The van der Waals surface area contributed by atoms with E-state index in [2.05, 4.69) is 0 Å². The molecule has 0 aliphatic carbocycles. The van der Waals surface area contributed by atoms with Gasteiger partial charge >= 0.3 is 11.9 Å². The highest BCUT2D eigenvalue weighted by Crippen LogP contribution is 2.40. The van der Waals surface area contributed by atoms with Gasteiger partial charge in [-0.2, -0.15) is 0 Å². The maximum Gasteiger partial charge on any atom is 0.338 e. The molecule has 0 radical (unpaired) electrons. The van der Waals surface area contributed by atoms with Crippen LogP contribution in [0.3, 0.4) is 0 Å². The molecule has 11 heteroatoms. The van der Waals surface area contributed by atoms with Crippen LogP contribution >= 0.6 is 23.2 Å². The Balaban J connectivity index is 1.29. The molecule has 0 saturated carbocycles. The van der Waals surface area contributed by atoms with Gasteiger partial charge in [-0.25, -0.2) is 9.59 Å². The van der Waals surface area contributed by atoms with E-state index in [0.29, 0.717) is 23.0 Å². The number of esters is 2. The molecule has 2 aromatic carbocycles. The van der Waals surface area contributed by atoms with Crippen molar-refractivity contribution in [2.45, 2.75) is 0 Å². The molecule has 2 aliphatic rings. The fraction of sp³-hybridized carbons (Fsp3) is 0.211. The predicted molar refractivity (Wildman–Crippen MR) is 101 cm³/mol. The SMILES string of the molecule is O=C(COC(=O)c1cc(Cl)c2c(c1)OCO2)COC(=O)c1cc(Cl)c2c(c1)OCO2. The van der Waals surface area contributed by atoms with Gasteiger partial charge in [-0.1, -0.05) is 23.2 Å². The number of carbonyl (C=O) groups excluding carboxylic acids is 3. The fourth-order valence-electron chi connectivity index (χ4n) is 2.67. The minimum atomic E-state index is -0.794. The lowest BCUT2D eigenvalue weighted by molar-refractivity contribution is -0.125. The summed E-state index contributed by atoms with van der Waals surface area (Å²) in [6, 6.07) is 5.46. The number of fused-ring (bicyclic) bond motifs is 2. The molecule has 0 fully saturated rings. The highest BCUT2D eigenvalue weighted by atomic mass is 35.5. The molecule has 0 bridgehead atoms. The van der Waals surface area contributed by atoms with Crippen LogP contribution in [0.4, 0.5) is 0 Å². The van der Waals surface area contributed by atoms with Gasteiger partial charge < -0.3 is 28.4 Å². The van der Waals surface area contributed by atoms with Gasteiger partial charge in [-0.15, -0.1) is 0 Å². The van der Waals surface area contributed by atoms with E-state index in [1.807, 2.05) is 0 Å². The van der Waals surface area contributed by atoms with Crippen LogP contribution in [0.25, 0.3) is 0 Å². The molecule has 2 heterocycles. The van der Waals surface area contributed by atoms with Gasteiger partial charge in [0, 0.05) is 0 Å². The molecule has 0 unspecified atom stereocenters. The average Bonchev–Trinajstić information content (AvgIpc) is 3.39. The summed E-state index contributed by atoms with van der Waals surface area (Å²) in [6.07, 6.45) is 0. The summed E-state index contributed by atoms with van der Waals surface area (Å²) >= 11 is 12.0. The first-order valence-electron chi connectivity index (χ1n) is 8.46. The Labute approximate surface area is 179 Å². The van der Waals surface area contributed by atoms with Gasteiger partial charge in [0.1, 0.15) is 0 Å². The molecule has 0 spiro atoms. The van der Waals surface area contributed by atoms with Crippen molar-refractivity contribution in [2.75, 3.05) is 26.8 Å². The van der Waals surface area contributed by atoms with Crippen LogP contribution in [0.1, 0.15) is 20.7 Å². The summed E-state index contributed by atoms with van der Waals surface area (Å²) < 4.78 is 30.5. The van der Waals surface area contributed by atoms with E-state index in [4.69, 9.17) is 51.6 Å². The van der Waals surface area contributed by atoms with Crippen molar-refractivity contribution in [1.29, 1.82) is 0 Å². The van der Waals surface area contributed by atoms with Gasteiger partial charge in [0.05, 0.1) is 21.2 Å². The van der Waals surface area contributed by atoms with E-state index in [1.165, 1.54) is 24.3 Å². The normalized spacial score (nSPS) is 13.1. The summed E-state index contributed by atoms with van der Waals surface area (Å²) in [4.78, 5) is 36.2. The van der Waals surface area contributed by atoms with Crippen LogP contribution in [-0.4, -0.2) is 44.5 Å². The fourth-order valence-corrected chi connectivity index (χ4v) is 3.20. The van der Waals surface area contributed by atoms with Crippen molar-refractivity contribution in [3.63, 3.8) is 0 Å². The molecule has 4 rings (SSSR count). The van der Waals surface area contributed by atoms with Crippen molar-refractivity contribution in [1.82, 2.24) is 0 Å². The Morgan fingerprint density at radius 2 is 1.17 bits per heavy atom. The van der Waals surface area contributed by atoms with Crippen LogP contribution in [-0.2, 0) is 14.3 Å². The number of hydrogen-bond donors (Lipinski definition) is 0. The molecule has 0 saturated heterocycles. The Morgan fingerprint density at radius 1 is 0.733 bits per heavy atom. The Hall–Kier alpha value is -3.17. The van der Waals surface area contributed by atoms with Gasteiger partial charge in [0.25, 0.3) is 0 Å². The third-order valence-electron chi connectivity index (χ3n) is 4.05. The number of rotatable bonds is 6. The van der Waals surface area contributed by atoms with E-state index >= 15 is 0 Å². The minimum Gasteiger partial charge on any atom is -0.454 e. The van der Waals surface area contributed by atoms with Crippen LogP contribution in [0.2, 0.25) is 10.0 Å². The van der Waals surface area contributed by atoms with Crippen LogP contribution in [0.15, 0.2) is 24.3 Å². The second-order valence-electron chi connectivity index (χ2n) is 6.07. The lowest BCUT2D eigenvalue weighted by Gasteiger charge is -2.08. The van der Waals surface area contributed by atoms with Crippen molar-refractivity contribution in [2.24, 2.45) is 0 Å². The highest BCUT2D eigenvalue weighted by Gasteiger charge is 2.23. The smallest absolute Gasteiger partial charge is 0.338 e. The summed E-state index contributed by atoms with van der Waals surface area (Å²) in [6.45, 7) is -1.21. The Bertz CT molecular complexity index is 969. The van der Waals surface area contributed by atoms with Crippen molar-refractivity contribution < 1.29 is 42.8 Å². The first-order valence-corrected chi connectivity index (χ1v) is 9.22. The molecule has 0 amide bonds. The molecule has 156 valence electrons. The summed E-state index contributed by atoms with van der Waals surface area (Å²) in [5, 5.41) is 0.360. The predicted octanol–water partition coefficient (Wildman–Crippen LogP) is 3.03. The monoisotopic (exact) mass is 454 g/mol. The molecule has 0 aromatic heterocycles. The average molecular weight is 455 g/mol. The summed E-state index contributed by atoms with van der Waals surface area (Å²) in [7, 11) is 0. The molecule has 0 atom stereocenters. The van der Waals surface area contributed by atoms with E-state index in [9.17, 15) is 14.4 Å². The number of Topliss-reactive ketones (excluding diaryl/α,β-unsaturated/α-hetero) is 1. The number of halogens is 2. The maximum absolute atomic E-state index is 12.1. The Morgan fingerprint density at radius 3 is 1.60 bits per heavy atom. The molecule has 30 heavy (non-hydrogen) atoms. The quantitative estimate of drug-likeness (QED) is 0.608. The molecular formula is C19H12Cl2O9. The van der Waals surface area contributed by atoms with E-state index < -0.39 is 30.9 Å². The number of hydrogen-bond acceptors (Lipinski definition) is 9. The third-order valence-corrected chi connectivity index (χ3v) is 4.62. The largest absolute Gasteiger partial charge is 0.454 e. The standard InChI is InChI=1S/C19H12Cl2O9/c20-12-1-9(3-14-16(12)29-7-27-14)18(23)25-5-11(22)6-26-19(24)10-2-13(21)17-15(4-10)28-8-30-17/h1-4H,5-8H2. The van der Waals surface area contributed by atoms with Crippen molar-refractivity contribution in [3.05, 3.63) is 45.4 Å². The molecule has 2 aliphatic heterocycles. The lowest BCUT2D eigenvalue weighted by Crippen LogP contribution is -2.20. The second-order valence-corrected chi connectivity index (χ2v) is 6.89. The van der Waals surface area contributed by atoms with Crippen LogP contribution in [0.5, 0.6) is 23.0 Å². The minimum absolute atomic E-state index is 0.00795. The van der Waals surface area contributed by atoms with E-state index in [1.54, 1.807) is 0 Å². The van der Waals surface area contributed by atoms with Crippen molar-refractivity contribution >= 4 is 40.9 Å². The van der Waals surface area contributed by atoms with Gasteiger partial charge in [-0.3, -0.25) is 4.79 Å². The van der Waals surface area contributed by atoms with Crippen LogP contribution < -0.4 is 18.9 Å². The summed E-state index contributed by atoms with van der Waals surface area (Å²) in [5.74, 6) is -0.945. The first-order chi connectivity index (χ1) is 14.4. The topological polar surface area (TPSA) is 107 Å². The van der Waals surface area contributed by atoms with Gasteiger partial charge in [0.15, 0.2) is 36.2 Å². The zero-order valence-corrected chi connectivity index (χ0v) is 16.6. The Kier molecular flexibility index (Phi) is 5.56. The van der Waals surface area contributed by atoms with Crippen molar-refractivity contribution in [3.8, 4) is 23.0 Å². The molecule has 0 N–H and O–H groups in total. The van der Waals surface area contributed by atoms with E-state index in [0.717, 1.165) is 0 Å². The highest BCUT2D eigenvalue weighted by molar-refractivity contribution is 6.33. The van der Waals surface area contributed by atoms with Gasteiger partial charge in [-0.05, 0) is 24.3 Å². The lowest BCUT2D eigenvalue weighted by atomic mass is 10.2. The number of benzene rings is 2. The maximum atomic E-state index is 12.1. The molecule has 2 aromatic rings. The number of carbonyl (C=O) groups is 3. The second kappa shape index (κ2) is 8.29. The molecule has 9 nitrogen and oxygen atoms in total. The van der Waals surface area contributed by atoms with Crippen LogP contribution in [0, 0.1) is 0 Å². The van der Waals surface area contributed by atoms with Gasteiger partial charge in [0.2, 0.25) is 19.4 Å². The zero-order valence-electron chi connectivity index (χ0n) is 15.1. The number of ketones is 1.